The van der Waals surface area contributed by atoms with E-state index < -0.39 is 0 Å². The van der Waals surface area contributed by atoms with Crippen molar-refractivity contribution in [1.82, 2.24) is 15.0 Å². The maximum Gasteiger partial charge on any atom is 0.187 e. The quantitative estimate of drug-likeness (QED) is 0.848. The van der Waals surface area contributed by atoms with Gasteiger partial charge in [0.1, 0.15) is 5.69 Å². The van der Waals surface area contributed by atoms with Gasteiger partial charge in [-0.3, -0.25) is 9.97 Å². The fourth-order valence-electron chi connectivity index (χ4n) is 2.64. The van der Waals surface area contributed by atoms with Crippen LogP contribution < -0.4 is 15.2 Å². The van der Waals surface area contributed by atoms with E-state index >= 15 is 0 Å². The summed E-state index contributed by atoms with van der Waals surface area (Å²) in [6, 6.07) is 5.59. The summed E-state index contributed by atoms with van der Waals surface area (Å²) in [5.74, 6) is 1.31. The Labute approximate surface area is 145 Å². The van der Waals surface area contributed by atoms with Crippen LogP contribution in [0.2, 0.25) is 0 Å². The second-order valence-electron chi connectivity index (χ2n) is 5.15. The van der Waals surface area contributed by atoms with Crippen molar-refractivity contribution in [1.29, 1.82) is 0 Å². The highest BCUT2D eigenvalue weighted by Crippen LogP contribution is 2.36. The van der Waals surface area contributed by atoms with Gasteiger partial charge in [-0.25, -0.2) is 5.01 Å². The lowest BCUT2D eigenvalue weighted by Crippen LogP contribution is -2.31. The molecule has 1 aliphatic heterocycles. The van der Waals surface area contributed by atoms with Crippen LogP contribution in [0.4, 0.5) is 0 Å². The average molecular weight is 343 g/mol. The maximum atomic E-state index is 5.85. The molecule has 24 heavy (non-hydrogen) atoms. The van der Waals surface area contributed by atoms with Gasteiger partial charge < -0.3 is 15.2 Å². The van der Waals surface area contributed by atoms with Crippen molar-refractivity contribution in [2.75, 3.05) is 14.2 Å². The number of ether oxygens (including phenoxy) is 2. The van der Waals surface area contributed by atoms with E-state index in [1.54, 1.807) is 37.8 Å². The smallest absolute Gasteiger partial charge is 0.187 e. The van der Waals surface area contributed by atoms with Crippen molar-refractivity contribution in [2.45, 2.75) is 12.5 Å². The minimum Gasteiger partial charge on any atom is -0.493 e. The lowest BCUT2D eigenvalue weighted by Gasteiger charge is -2.22. The Morgan fingerprint density at radius 2 is 2.04 bits per heavy atom. The van der Waals surface area contributed by atoms with Gasteiger partial charge in [-0.1, -0.05) is 6.07 Å². The van der Waals surface area contributed by atoms with Crippen molar-refractivity contribution >= 4 is 23.0 Å². The number of methoxy groups -OCH3 is 2. The predicted molar refractivity (Wildman–Crippen MR) is 94.1 cm³/mol. The Morgan fingerprint density at radius 3 is 2.67 bits per heavy atom. The van der Waals surface area contributed by atoms with Crippen LogP contribution in [0, 0.1) is 0 Å². The van der Waals surface area contributed by atoms with Gasteiger partial charge in [-0.05, 0) is 29.9 Å². The molecule has 3 rings (SSSR count). The molecule has 1 unspecified atom stereocenters. The zero-order valence-electron chi connectivity index (χ0n) is 13.3. The fourth-order valence-corrected chi connectivity index (χ4v) is 2.80. The van der Waals surface area contributed by atoms with Crippen molar-refractivity contribution in [3.05, 3.63) is 48.0 Å². The maximum absolute atomic E-state index is 5.85. The van der Waals surface area contributed by atoms with Gasteiger partial charge in [0, 0.05) is 18.8 Å². The number of thiocarbonyl (C=S) groups is 1. The lowest BCUT2D eigenvalue weighted by atomic mass is 10.0. The topological polar surface area (TPSA) is 85.9 Å². The number of hydrogen-bond acceptors (Lipinski definition) is 6. The van der Waals surface area contributed by atoms with Crippen LogP contribution in [-0.4, -0.2) is 40.0 Å². The van der Waals surface area contributed by atoms with Crippen LogP contribution >= 0.6 is 12.2 Å². The first-order valence-electron chi connectivity index (χ1n) is 7.28. The summed E-state index contributed by atoms with van der Waals surface area (Å²) >= 11 is 5.15. The Bertz CT molecular complexity index is 781. The minimum atomic E-state index is -0.126. The highest BCUT2D eigenvalue weighted by molar-refractivity contribution is 7.80. The third kappa shape index (κ3) is 3.00. The predicted octanol–water partition coefficient (Wildman–Crippen LogP) is 1.89. The molecule has 7 nitrogen and oxygen atoms in total. The van der Waals surface area contributed by atoms with E-state index in [4.69, 9.17) is 27.4 Å². The molecule has 0 saturated heterocycles. The molecule has 0 aliphatic carbocycles. The Hall–Kier alpha value is -2.74. The fraction of sp³-hybridized carbons (Fsp3) is 0.250. The van der Waals surface area contributed by atoms with Gasteiger partial charge in [-0.15, -0.1) is 0 Å². The van der Waals surface area contributed by atoms with Crippen LogP contribution in [0.25, 0.3) is 0 Å². The number of rotatable bonds is 4. The minimum absolute atomic E-state index is 0.126. The summed E-state index contributed by atoms with van der Waals surface area (Å²) in [4.78, 5) is 8.38. The molecule has 2 heterocycles. The number of benzene rings is 1. The first-order chi connectivity index (χ1) is 11.6. The van der Waals surface area contributed by atoms with Crippen LogP contribution in [0.15, 0.2) is 41.9 Å². The molecule has 8 heteroatoms. The third-order valence-electron chi connectivity index (χ3n) is 3.79. The molecule has 1 aliphatic rings. The van der Waals surface area contributed by atoms with Crippen molar-refractivity contribution in [2.24, 2.45) is 10.8 Å². The largest absolute Gasteiger partial charge is 0.493 e. The van der Waals surface area contributed by atoms with Crippen LogP contribution in [0.1, 0.15) is 23.7 Å². The highest BCUT2D eigenvalue weighted by atomic mass is 32.1. The third-order valence-corrected chi connectivity index (χ3v) is 3.97. The summed E-state index contributed by atoms with van der Waals surface area (Å²) in [5, 5.41) is 6.35. The van der Waals surface area contributed by atoms with Crippen LogP contribution in [0.3, 0.4) is 0 Å². The first-order valence-corrected chi connectivity index (χ1v) is 7.69. The van der Waals surface area contributed by atoms with Gasteiger partial charge >= 0.3 is 0 Å². The Balaban J connectivity index is 1.95. The molecule has 2 aromatic rings. The molecule has 1 atom stereocenters. The van der Waals surface area contributed by atoms with Crippen molar-refractivity contribution in [3.63, 3.8) is 0 Å². The van der Waals surface area contributed by atoms with E-state index in [0.29, 0.717) is 23.6 Å². The number of aromatic nitrogens is 2. The van der Waals surface area contributed by atoms with E-state index in [2.05, 4.69) is 15.1 Å². The number of hydrogen-bond donors (Lipinski definition) is 1. The van der Waals surface area contributed by atoms with E-state index in [9.17, 15) is 0 Å². The molecule has 0 fully saturated rings. The van der Waals surface area contributed by atoms with Gasteiger partial charge in [0.2, 0.25) is 0 Å². The standard InChI is InChI=1S/C16H17N5O2S/c1-22-14-4-3-10(7-15(14)23-2)13-8-11(20-21(13)16(17)24)12-9-18-5-6-19-12/h3-7,9,13H,8H2,1-2H3,(H2,17,24). The summed E-state index contributed by atoms with van der Waals surface area (Å²) in [6.07, 6.45) is 5.54. The van der Waals surface area contributed by atoms with E-state index in [1.165, 1.54) is 0 Å². The van der Waals surface area contributed by atoms with Gasteiger partial charge in [-0.2, -0.15) is 5.10 Å². The summed E-state index contributed by atoms with van der Waals surface area (Å²) in [7, 11) is 3.20. The second kappa shape index (κ2) is 6.79. The number of hydrazone groups is 1. The molecule has 0 spiro atoms. The van der Waals surface area contributed by atoms with Crippen LogP contribution in [0.5, 0.6) is 11.5 Å². The average Bonchev–Trinajstić information content (AvgIpc) is 3.07. The normalized spacial score (nSPS) is 16.7. The zero-order valence-corrected chi connectivity index (χ0v) is 14.2. The SMILES string of the molecule is COc1ccc(C2CC(c3cnccn3)=NN2C(N)=S)cc1OC. The molecule has 0 amide bonds. The van der Waals surface area contributed by atoms with Gasteiger partial charge in [0.15, 0.2) is 16.6 Å². The van der Waals surface area contributed by atoms with Crippen molar-refractivity contribution in [3.8, 4) is 11.5 Å². The molecule has 0 radical (unpaired) electrons. The number of nitrogens with two attached hydrogens (primary N) is 1. The Morgan fingerprint density at radius 1 is 1.25 bits per heavy atom. The molecule has 0 bridgehead atoms. The van der Waals surface area contributed by atoms with Gasteiger partial charge in [0.05, 0.1) is 32.2 Å². The molecule has 1 aromatic heterocycles. The van der Waals surface area contributed by atoms with Crippen molar-refractivity contribution < 1.29 is 9.47 Å². The first kappa shape index (κ1) is 16.1. The molecule has 1 aromatic carbocycles. The summed E-state index contributed by atoms with van der Waals surface area (Å²) < 4.78 is 10.7. The molecule has 124 valence electrons. The molecular weight excluding hydrogens is 326 g/mol. The number of nitrogens with zero attached hydrogens (tertiary/aromatic N) is 4. The monoisotopic (exact) mass is 343 g/mol. The van der Waals surface area contributed by atoms with E-state index in [0.717, 1.165) is 11.3 Å². The van der Waals surface area contributed by atoms with E-state index in [-0.39, 0.29) is 11.2 Å². The molecule has 2 N–H and O–H groups in total. The summed E-state index contributed by atoms with van der Waals surface area (Å²) in [5.41, 5.74) is 8.32. The van der Waals surface area contributed by atoms with Crippen LogP contribution in [-0.2, 0) is 0 Å². The highest BCUT2D eigenvalue weighted by Gasteiger charge is 2.31. The summed E-state index contributed by atoms with van der Waals surface area (Å²) in [6.45, 7) is 0. The van der Waals surface area contributed by atoms with E-state index in [1.807, 2.05) is 18.2 Å². The Kier molecular flexibility index (Phi) is 4.57. The molecular formula is C16H17N5O2S. The zero-order chi connectivity index (χ0) is 17.1. The van der Waals surface area contributed by atoms with Gasteiger partial charge in [0.25, 0.3) is 0 Å². The molecule has 0 saturated carbocycles. The lowest BCUT2D eigenvalue weighted by molar-refractivity contribution is 0.347. The second-order valence-corrected chi connectivity index (χ2v) is 5.57.